The van der Waals surface area contributed by atoms with E-state index in [-0.39, 0.29) is 18.4 Å². The maximum absolute atomic E-state index is 13.3. The molecule has 2 aromatic rings. The number of H-pyrrole nitrogens is 1. The third kappa shape index (κ3) is 4.17. The van der Waals surface area contributed by atoms with E-state index in [1.54, 1.807) is 4.90 Å². The number of hydrogen-bond acceptors (Lipinski definition) is 4. The van der Waals surface area contributed by atoms with E-state index in [0.717, 1.165) is 42.7 Å². The lowest BCUT2D eigenvalue weighted by Gasteiger charge is -2.36. The first-order chi connectivity index (χ1) is 16.7. The number of rotatable bonds is 4. The molecule has 5 rings (SSSR count). The van der Waals surface area contributed by atoms with Gasteiger partial charge in [-0.3, -0.25) is 19.6 Å². The predicted molar refractivity (Wildman–Crippen MR) is 119 cm³/mol. The van der Waals surface area contributed by atoms with Crippen LogP contribution in [0.1, 0.15) is 62.2 Å². The SMILES string of the molecule is O=C1NC2(CCCC2)C(=O)N1CC(=O)N1CCCC[C@H]1c1[nH]ncc1-c1ccc(C(F)(F)F)cc1. The minimum atomic E-state index is -4.43. The summed E-state index contributed by atoms with van der Waals surface area (Å²) >= 11 is 0. The van der Waals surface area contributed by atoms with Gasteiger partial charge < -0.3 is 10.2 Å². The summed E-state index contributed by atoms with van der Waals surface area (Å²) in [7, 11) is 0. The number of likely N-dealkylation sites (tertiary alicyclic amines) is 1. The number of nitrogens with one attached hydrogen (secondary N) is 2. The number of benzene rings is 1. The first kappa shape index (κ1) is 23.4. The highest BCUT2D eigenvalue weighted by atomic mass is 19.4. The van der Waals surface area contributed by atoms with Gasteiger partial charge in [0.25, 0.3) is 5.91 Å². The predicted octanol–water partition coefficient (Wildman–Crippen LogP) is 4.01. The Morgan fingerprint density at radius 3 is 2.49 bits per heavy atom. The van der Waals surface area contributed by atoms with Crippen LogP contribution in [0.5, 0.6) is 0 Å². The fourth-order valence-corrected chi connectivity index (χ4v) is 5.51. The average molecular weight is 489 g/mol. The summed E-state index contributed by atoms with van der Waals surface area (Å²) in [6.45, 7) is 0.108. The quantitative estimate of drug-likeness (QED) is 0.634. The van der Waals surface area contributed by atoms with E-state index in [1.165, 1.54) is 18.3 Å². The second-order valence-electron chi connectivity index (χ2n) is 9.48. The summed E-state index contributed by atoms with van der Waals surface area (Å²) in [5.74, 6) is -0.685. The Labute approximate surface area is 199 Å². The molecule has 1 aromatic carbocycles. The zero-order chi connectivity index (χ0) is 24.8. The van der Waals surface area contributed by atoms with Crippen molar-refractivity contribution in [2.45, 2.75) is 62.7 Å². The number of urea groups is 1. The van der Waals surface area contributed by atoms with E-state index in [0.29, 0.717) is 42.6 Å². The minimum Gasteiger partial charge on any atom is -0.333 e. The van der Waals surface area contributed by atoms with Crippen LogP contribution in [0.3, 0.4) is 0 Å². The van der Waals surface area contributed by atoms with Gasteiger partial charge in [0.2, 0.25) is 5.91 Å². The van der Waals surface area contributed by atoms with E-state index in [4.69, 9.17) is 0 Å². The van der Waals surface area contributed by atoms with Gasteiger partial charge in [0.15, 0.2) is 0 Å². The van der Waals surface area contributed by atoms with Crippen LogP contribution in [0.4, 0.5) is 18.0 Å². The van der Waals surface area contributed by atoms with E-state index >= 15 is 0 Å². The first-order valence-electron chi connectivity index (χ1n) is 11.8. The van der Waals surface area contributed by atoms with Crippen LogP contribution in [-0.4, -0.2) is 56.5 Å². The summed E-state index contributed by atoms with van der Waals surface area (Å²) in [5.41, 5.74) is 0.176. The molecule has 1 spiro atoms. The number of nitrogens with zero attached hydrogens (tertiary/aromatic N) is 3. The molecule has 8 nitrogen and oxygen atoms in total. The van der Waals surface area contributed by atoms with Gasteiger partial charge in [0.1, 0.15) is 12.1 Å². The lowest BCUT2D eigenvalue weighted by molar-refractivity contribution is -0.141. The molecule has 2 saturated heterocycles. The first-order valence-corrected chi connectivity index (χ1v) is 11.8. The van der Waals surface area contributed by atoms with Gasteiger partial charge in [-0.25, -0.2) is 4.79 Å². The largest absolute Gasteiger partial charge is 0.416 e. The summed E-state index contributed by atoms with van der Waals surface area (Å²) in [4.78, 5) is 41.5. The number of alkyl halides is 3. The number of aromatic nitrogens is 2. The third-order valence-electron chi connectivity index (χ3n) is 7.34. The lowest BCUT2D eigenvalue weighted by atomic mass is 9.94. The number of aromatic amines is 1. The Hall–Kier alpha value is -3.37. The Kier molecular flexibility index (Phi) is 5.80. The van der Waals surface area contributed by atoms with Crippen LogP contribution in [-0.2, 0) is 15.8 Å². The van der Waals surface area contributed by atoms with Crippen LogP contribution in [0, 0.1) is 0 Å². The Bertz CT molecular complexity index is 1140. The monoisotopic (exact) mass is 489 g/mol. The van der Waals surface area contributed by atoms with E-state index in [2.05, 4.69) is 15.5 Å². The maximum Gasteiger partial charge on any atom is 0.416 e. The Balaban J connectivity index is 1.37. The summed E-state index contributed by atoms with van der Waals surface area (Å²) in [6, 6.07) is 3.89. The highest BCUT2D eigenvalue weighted by molar-refractivity contribution is 6.09. The Morgan fingerprint density at radius 2 is 1.80 bits per heavy atom. The molecule has 3 fully saturated rings. The molecule has 2 aliphatic heterocycles. The van der Waals surface area contributed by atoms with Crippen molar-refractivity contribution in [3.8, 4) is 11.1 Å². The van der Waals surface area contributed by atoms with Gasteiger partial charge in [0, 0.05) is 12.1 Å². The van der Waals surface area contributed by atoms with Crippen molar-refractivity contribution in [2.24, 2.45) is 0 Å². The zero-order valence-corrected chi connectivity index (χ0v) is 19.0. The van der Waals surface area contributed by atoms with Crippen LogP contribution in [0.15, 0.2) is 30.5 Å². The number of imide groups is 1. The normalized spacial score (nSPS) is 22.2. The lowest BCUT2D eigenvalue weighted by Crippen LogP contribution is -2.47. The van der Waals surface area contributed by atoms with E-state index < -0.39 is 29.4 Å². The average Bonchev–Trinajstić information content (AvgIpc) is 3.56. The second kappa shape index (κ2) is 8.69. The van der Waals surface area contributed by atoms with Crippen molar-refractivity contribution in [1.29, 1.82) is 0 Å². The summed E-state index contributed by atoms with van der Waals surface area (Å²) < 4.78 is 38.9. The fourth-order valence-electron chi connectivity index (χ4n) is 5.51. The molecule has 2 N–H and O–H groups in total. The van der Waals surface area contributed by atoms with Crippen molar-refractivity contribution in [3.05, 3.63) is 41.7 Å². The van der Waals surface area contributed by atoms with Gasteiger partial charge in [-0.1, -0.05) is 25.0 Å². The number of hydrogen-bond donors (Lipinski definition) is 2. The highest BCUT2D eigenvalue weighted by Crippen LogP contribution is 2.38. The third-order valence-corrected chi connectivity index (χ3v) is 7.34. The molecule has 3 heterocycles. The second-order valence-corrected chi connectivity index (χ2v) is 9.48. The number of carbonyl (C=O) groups excluding carboxylic acids is 3. The standard InChI is InChI=1S/C24H26F3N5O3/c25-24(26,27)16-8-6-15(7-9-16)17-13-28-30-20(17)18-5-1-4-12-31(18)19(33)14-32-21(34)23(29-22(32)35)10-2-3-11-23/h6-9,13,18H,1-5,10-12,14H2,(H,28,30)(H,29,35)/t18-/m0/s1. The fraction of sp³-hybridized carbons (Fsp3) is 0.500. The van der Waals surface area contributed by atoms with Crippen LogP contribution >= 0.6 is 0 Å². The number of piperidine rings is 1. The highest BCUT2D eigenvalue weighted by Gasteiger charge is 2.53. The molecule has 35 heavy (non-hydrogen) atoms. The van der Waals surface area contributed by atoms with Crippen molar-refractivity contribution < 1.29 is 27.6 Å². The van der Waals surface area contributed by atoms with Crippen molar-refractivity contribution >= 4 is 17.8 Å². The van der Waals surface area contributed by atoms with Crippen molar-refractivity contribution in [3.63, 3.8) is 0 Å². The van der Waals surface area contributed by atoms with Crippen molar-refractivity contribution in [1.82, 2.24) is 25.3 Å². The van der Waals surface area contributed by atoms with Crippen LogP contribution in [0.2, 0.25) is 0 Å². The molecule has 4 amide bonds. The minimum absolute atomic E-state index is 0.339. The molecule has 0 bridgehead atoms. The summed E-state index contributed by atoms with van der Waals surface area (Å²) in [6.07, 6.45) is 2.24. The molecule has 3 aliphatic rings. The molecule has 1 aliphatic carbocycles. The molecule has 1 atom stereocenters. The smallest absolute Gasteiger partial charge is 0.333 e. The molecular formula is C24H26F3N5O3. The molecule has 11 heteroatoms. The van der Waals surface area contributed by atoms with Gasteiger partial charge in [-0.05, 0) is 49.8 Å². The maximum atomic E-state index is 13.3. The van der Waals surface area contributed by atoms with E-state index in [9.17, 15) is 27.6 Å². The number of halogens is 3. The molecule has 0 radical (unpaired) electrons. The van der Waals surface area contributed by atoms with Gasteiger partial charge in [-0.2, -0.15) is 18.3 Å². The molecule has 1 aromatic heterocycles. The van der Waals surface area contributed by atoms with Gasteiger partial charge in [-0.15, -0.1) is 0 Å². The number of carbonyl (C=O) groups is 3. The molecule has 0 unspecified atom stereocenters. The zero-order valence-electron chi connectivity index (χ0n) is 19.0. The van der Waals surface area contributed by atoms with E-state index in [1.807, 2.05) is 0 Å². The van der Waals surface area contributed by atoms with Crippen molar-refractivity contribution in [2.75, 3.05) is 13.1 Å². The molecular weight excluding hydrogens is 463 g/mol. The van der Waals surface area contributed by atoms with Crippen LogP contribution in [0.25, 0.3) is 11.1 Å². The molecule has 1 saturated carbocycles. The van der Waals surface area contributed by atoms with Crippen LogP contribution < -0.4 is 5.32 Å². The molecule has 186 valence electrons. The summed E-state index contributed by atoms with van der Waals surface area (Å²) in [5, 5.41) is 9.82. The Morgan fingerprint density at radius 1 is 1.09 bits per heavy atom. The number of amides is 4. The topological polar surface area (TPSA) is 98.4 Å². The van der Waals surface area contributed by atoms with Gasteiger partial charge >= 0.3 is 12.2 Å². The van der Waals surface area contributed by atoms with Gasteiger partial charge in [0.05, 0.1) is 23.5 Å².